The maximum absolute atomic E-state index is 6.24. The number of benzene rings is 1. The summed E-state index contributed by atoms with van der Waals surface area (Å²) < 4.78 is 34.2. The van der Waals surface area contributed by atoms with Crippen molar-refractivity contribution >= 4 is 24.5 Å². The highest BCUT2D eigenvalue weighted by Gasteiger charge is 2.27. The molecule has 9 nitrogen and oxygen atoms in total. The van der Waals surface area contributed by atoms with E-state index >= 15 is 0 Å². The molecule has 0 saturated carbocycles. The Morgan fingerprint density at radius 2 is 1.53 bits per heavy atom. The average molecular weight is 512 g/mol. The molecule has 1 aliphatic heterocycles. The quantitative estimate of drug-likeness (QED) is 0.375. The summed E-state index contributed by atoms with van der Waals surface area (Å²) in [6, 6.07) is 3.81. The van der Waals surface area contributed by atoms with Gasteiger partial charge in [-0.3, -0.25) is 9.05 Å². The topological polar surface area (TPSA) is 84.4 Å². The molecule has 0 atom stereocenters. The molecule has 34 heavy (non-hydrogen) atoms. The number of aromatic nitrogens is 2. The lowest BCUT2D eigenvalue weighted by Gasteiger charge is -2.24. The standard InChI is InChI=1S/C23H34N3O6PS/c1-7-30-33(34,31-8-2)32-22-18(16(3)24-23(25-22)26-11-9-10-12-26)13-17-14-19(27-4)21(29-6)20(15-17)28-5/h14-15H,7-13H2,1-6H3. The predicted molar refractivity (Wildman–Crippen MR) is 135 cm³/mol. The van der Waals surface area contributed by atoms with Crippen LogP contribution in [0.5, 0.6) is 23.1 Å². The van der Waals surface area contributed by atoms with Gasteiger partial charge in [-0.1, -0.05) is 0 Å². The Morgan fingerprint density at radius 3 is 2.03 bits per heavy atom. The summed E-state index contributed by atoms with van der Waals surface area (Å²) in [4.78, 5) is 11.7. The van der Waals surface area contributed by atoms with E-state index in [0.717, 1.165) is 42.8 Å². The third-order valence-corrected chi connectivity index (χ3v) is 7.83. The second kappa shape index (κ2) is 12.0. The van der Waals surface area contributed by atoms with Crippen molar-refractivity contribution in [2.75, 3.05) is 52.5 Å². The Labute approximate surface area is 206 Å². The van der Waals surface area contributed by atoms with Crippen LogP contribution >= 0.6 is 6.72 Å². The second-order valence-corrected chi connectivity index (χ2v) is 10.6. The predicted octanol–water partition coefficient (Wildman–Crippen LogP) is 4.68. The fourth-order valence-electron chi connectivity index (χ4n) is 3.85. The van der Waals surface area contributed by atoms with E-state index in [1.54, 1.807) is 21.3 Å². The molecule has 0 spiro atoms. The van der Waals surface area contributed by atoms with Crippen molar-refractivity contribution in [3.63, 3.8) is 0 Å². The van der Waals surface area contributed by atoms with Gasteiger partial charge >= 0.3 is 6.72 Å². The summed E-state index contributed by atoms with van der Waals surface area (Å²) in [5.41, 5.74) is 2.52. The number of hydrogen-bond donors (Lipinski definition) is 0. The molecule has 3 rings (SSSR count). The normalized spacial score (nSPS) is 13.8. The number of nitrogens with zero attached hydrogens (tertiary/aromatic N) is 3. The van der Waals surface area contributed by atoms with Crippen molar-refractivity contribution in [3.05, 3.63) is 29.0 Å². The zero-order valence-electron chi connectivity index (χ0n) is 20.8. The highest BCUT2D eigenvalue weighted by molar-refractivity contribution is 8.07. The minimum absolute atomic E-state index is 0.378. The summed E-state index contributed by atoms with van der Waals surface area (Å²) >= 11 is 5.65. The molecule has 188 valence electrons. The molecular formula is C23H34N3O6PS. The molecule has 0 N–H and O–H groups in total. The first kappa shape index (κ1) is 26.5. The van der Waals surface area contributed by atoms with Crippen LogP contribution in [0.1, 0.15) is 43.5 Å². The van der Waals surface area contributed by atoms with Crippen LogP contribution in [0.15, 0.2) is 12.1 Å². The molecule has 0 amide bonds. The Bertz CT molecular complexity index is 997. The van der Waals surface area contributed by atoms with E-state index in [9.17, 15) is 0 Å². The van der Waals surface area contributed by atoms with Gasteiger partial charge in [0.2, 0.25) is 17.6 Å². The summed E-state index contributed by atoms with van der Waals surface area (Å²) in [6.45, 7) is 5.22. The van der Waals surface area contributed by atoms with Crippen LogP contribution in [-0.2, 0) is 27.3 Å². The van der Waals surface area contributed by atoms with Gasteiger partial charge in [0.15, 0.2) is 11.5 Å². The molecule has 0 radical (unpaired) electrons. The molecule has 1 saturated heterocycles. The van der Waals surface area contributed by atoms with Gasteiger partial charge in [-0.25, -0.2) is 4.98 Å². The maximum Gasteiger partial charge on any atom is 0.381 e. The number of ether oxygens (including phenoxy) is 3. The van der Waals surface area contributed by atoms with Crippen LogP contribution in [0.3, 0.4) is 0 Å². The van der Waals surface area contributed by atoms with Crippen LogP contribution in [0.25, 0.3) is 0 Å². The Kier molecular flexibility index (Phi) is 9.36. The Morgan fingerprint density at radius 1 is 0.941 bits per heavy atom. The maximum atomic E-state index is 6.24. The van der Waals surface area contributed by atoms with Gasteiger partial charge in [0, 0.05) is 36.9 Å². The van der Waals surface area contributed by atoms with Crippen LogP contribution in [0.4, 0.5) is 5.95 Å². The van der Waals surface area contributed by atoms with E-state index in [1.165, 1.54) is 0 Å². The van der Waals surface area contributed by atoms with E-state index < -0.39 is 6.72 Å². The monoisotopic (exact) mass is 511 g/mol. The molecule has 2 aromatic rings. The molecule has 1 aromatic carbocycles. The van der Waals surface area contributed by atoms with Crippen molar-refractivity contribution in [2.45, 2.75) is 40.0 Å². The molecule has 0 bridgehead atoms. The van der Waals surface area contributed by atoms with Gasteiger partial charge in [0.05, 0.1) is 40.2 Å². The van der Waals surface area contributed by atoms with Gasteiger partial charge in [-0.05, 0) is 51.3 Å². The van der Waals surface area contributed by atoms with Crippen LogP contribution < -0.4 is 23.6 Å². The SMILES string of the molecule is CCOP(=S)(OCC)Oc1nc(N2CCCC2)nc(C)c1Cc1cc(OC)c(OC)c(OC)c1. The highest BCUT2D eigenvalue weighted by atomic mass is 32.5. The zero-order chi connectivity index (χ0) is 24.7. The third-order valence-electron chi connectivity index (χ3n) is 5.43. The Balaban J connectivity index is 2.07. The first-order valence-electron chi connectivity index (χ1n) is 11.4. The molecule has 11 heteroatoms. The summed E-state index contributed by atoms with van der Waals surface area (Å²) in [6.07, 6.45) is 2.69. The van der Waals surface area contributed by atoms with Crippen molar-refractivity contribution < 1.29 is 27.8 Å². The van der Waals surface area contributed by atoms with Crippen LogP contribution in [0.2, 0.25) is 0 Å². The van der Waals surface area contributed by atoms with E-state index in [0.29, 0.717) is 48.7 Å². The number of rotatable bonds is 12. The minimum Gasteiger partial charge on any atom is -0.493 e. The molecule has 1 fully saturated rings. The van der Waals surface area contributed by atoms with Crippen molar-refractivity contribution in [2.24, 2.45) is 0 Å². The molecular weight excluding hydrogens is 477 g/mol. The first-order chi connectivity index (χ1) is 16.4. The number of aryl methyl sites for hydroxylation is 1. The van der Waals surface area contributed by atoms with Gasteiger partial charge in [0.25, 0.3) is 0 Å². The summed E-state index contributed by atoms with van der Waals surface area (Å²) in [5.74, 6) is 2.69. The largest absolute Gasteiger partial charge is 0.493 e. The lowest BCUT2D eigenvalue weighted by molar-refractivity contribution is 0.215. The third kappa shape index (κ3) is 6.10. The average Bonchev–Trinajstić information content (AvgIpc) is 3.35. The van der Waals surface area contributed by atoms with E-state index in [-0.39, 0.29) is 0 Å². The van der Waals surface area contributed by atoms with E-state index in [2.05, 4.69) is 4.90 Å². The molecule has 1 aliphatic rings. The van der Waals surface area contributed by atoms with Gasteiger partial charge in [0.1, 0.15) is 0 Å². The number of hydrogen-bond acceptors (Lipinski definition) is 10. The van der Waals surface area contributed by atoms with Gasteiger partial charge < -0.3 is 23.6 Å². The lowest BCUT2D eigenvalue weighted by Crippen LogP contribution is -2.22. The molecule has 0 aliphatic carbocycles. The highest BCUT2D eigenvalue weighted by Crippen LogP contribution is 2.50. The number of methoxy groups -OCH3 is 3. The van der Waals surface area contributed by atoms with Crippen molar-refractivity contribution in [3.8, 4) is 23.1 Å². The van der Waals surface area contributed by atoms with Crippen LogP contribution in [-0.4, -0.2) is 57.6 Å². The van der Waals surface area contributed by atoms with E-state index in [4.69, 9.17) is 49.6 Å². The molecule has 2 heterocycles. The second-order valence-electron chi connectivity index (χ2n) is 7.67. The molecule has 1 aromatic heterocycles. The summed E-state index contributed by atoms with van der Waals surface area (Å²) in [5, 5.41) is 0. The first-order valence-corrected chi connectivity index (χ1v) is 13.9. The summed E-state index contributed by atoms with van der Waals surface area (Å²) in [7, 11) is 4.76. The molecule has 0 unspecified atom stereocenters. The van der Waals surface area contributed by atoms with E-state index in [1.807, 2.05) is 32.9 Å². The zero-order valence-corrected chi connectivity index (χ0v) is 22.5. The fourth-order valence-corrected chi connectivity index (χ4v) is 5.87. The fraction of sp³-hybridized carbons (Fsp3) is 0.565. The van der Waals surface area contributed by atoms with Crippen LogP contribution in [0, 0.1) is 6.92 Å². The lowest BCUT2D eigenvalue weighted by atomic mass is 10.0. The van der Waals surface area contributed by atoms with Gasteiger partial charge in [-0.2, -0.15) is 4.98 Å². The van der Waals surface area contributed by atoms with Crippen molar-refractivity contribution in [1.29, 1.82) is 0 Å². The minimum atomic E-state index is -3.03. The van der Waals surface area contributed by atoms with Gasteiger partial charge in [-0.15, -0.1) is 0 Å². The Hall–Kier alpha value is -2.13. The smallest absolute Gasteiger partial charge is 0.381 e. The van der Waals surface area contributed by atoms with Crippen molar-refractivity contribution in [1.82, 2.24) is 9.97 Å². The number of anilines is 1.